The Balaban J connectivity index is 0.000000530. The Kier molecular flexibility index (Phi) is 12.0. The molecule has 0 aromatic heterocycles. The molecule has 310 valence electrons. The van der Waals surface area contributed by atoms with Crippen LogP contribution in [0.5, 0.6) is 0 Å². The van der Waals surface area contributed by atoms with Crippen molar-refractivity contribution in [3.05, 3.63) is 24.3 Å². The van der Waals surface area contributed by atoms with Crippen LogP contribution in [0.1, 0.15) is 34.1 Å². The first kappa shape index (κ1) is 47.9. The molecule has 28 heteroatoms. The highest BCUT2D eigenvalue weighted by atomic mass is 19.4. The summed E-state index contributed by atoms with van der Waals surface area (Å²) in [7, 11) is 0. The van der Waals surface area contributed by atoms with Crippen LogP contribution in [-0.4, -0.2) is 106 Å². The maximum absolute atomic E-state index is 14.4. The third-order valence-electron chi connectivity index (χ3n) is 7.63. The predicted octanol–water partition coefficient (Wildman–Crippen LogP) is 7.08. The van der Waals surface area contributed by atoms with Gasteiger partial charge in [-0.25, -0.2) is 9.59 Å². The Morgan fingerprint density at radius 1 is 0.679 bits per heavy atom. The molecule has 2 rings (SSSR count). The average Bonchev–Trinajstić information content (AvgIpc) is 2.92. The Hall–Kier alpha value is -3.14. The Labute approximate surface area is 281 Å². The van der Waals surface area contributed by atoms with Crippen LogP contribution in [-0.2, 0) is 28.5 Å². The predicted molar refractivity (Wildman–Crippen MR) is 127 cm³/mol. The smallest absolute Gasteiger partial charge is 0.423 e. The van der Waals surface area contributed by atoms with Crippen molar-refractivity contribution in [2.75, 3.05) is 0 Å². The Bertz CT molecular complexity index is 1440. The second kappa shape index (κ2) is 13.3. The van der Waals surface area contributed by atoms with Crippen molar-refractivity contribution in [3.8, 4) is 0 Å². The third kappa shape index (κ3) is 7.72. The van der Waals surface area contributed by atoms with Gasteiger partial charge in [0.05, 0.1) is 0 Å². The average molecular weight is 830 g/mol. The number of carbonyl (C=O) groups is 2. The van der Waals surface area contributed by atoms with Crippen molar-refractivity contribution in [2.45, 2.75) is 117 Å². The number of esters is 2. The van der Waals surface area contributed by atoms with E-state index in [1.54, 1.807) is 0 Å². The highest BCUT2D eigenvalue weighted by Crippen LogP contribution is 2.61. The second-order valence-electron chi connectivity index (χ2n) is 11.4. The molecule has 0 amide bonds. The largest absolute Gasteiger partial charge is 0.445 e. The molecule has 0 saturated carbocycles. The van der Waals surface area contributed by atoms with E-state index in [0.29, 0.717) is 6.92 Å². The molecule has 0 aliphatic carbocycles. The summed E-state index contributed by atoms with van der Waals surface area (Å²) in [5, 5.41) is 18.9. The molecule has 0 aromatic rings. The summed E-state index contributed by atoms with van der Waals surface area (Å²) in [6, 6.07) is 0. The van der Waals surface area contributed by atoms with E-state index < -0.39 is 120 Å². The van der Waals surface area contributed by atoms with Gasteiger partial charge in [0, 0.05) is 0 Å². The number of carbonyl (C=O) groups excluding carboxylic acids is 2. The molecule has 53 heavy (non-hydrogen) atoms. The van der Waals surface area contributed by atoms with Gasteiger partial charge in [0.15, 0.2) is 0 Å². The van der Waals surface area contributed by atoms with Crippen LogP contribution >= 0.6 is 0 Å². The first-order chi connectivity index (χ1) is 22.8. The van der Waals surface area contributed by atoms with Gasteiger partial charge in [0.2, 0.25) is 35.0 Å². The van der Waals surface area contributed by atoms with Crippen LogP contribution in [0.4, 0.5) is 87.8 Å². The molecule has 2 aliphatic rings. The first-order valence-electron chi connectivity index (χ1n) is 13.3. The number of rotatable bonds is 5. The summed E-state index contributed by atoms with van der Waals surface area (Å²) in [4.78, 5) is 22.6. The summed E-state index contributed by atoms with van der Waals surface area (Å²) in [5.74, 6) is -36.8. The quantitative estimate of drug-likeness (QED) is 0.172. The zero-order chi connectivity index (χ0) is 43.0. The van der Waals surface area contributed by atoms with Gasteiger partial charge in [-0.1, -0.05) is 20.1 Å². The third-order valence-corrected chi connectivity index (χ3v) is 7.63. The van der Waals surface area contributed by atoms with Crippen molar-refractivity contribution < 1.29 is 127 Å². The van der Waals surface area contributed by atoms with Gasteiger partial charge in [-0.2, -0.15) is 87.8 Å². The molecule has 0 radical (unpaired) electrons. The minimum absolute atomic E-state index is 0.127. The Morgan fingerprint density at radius 3 is 1.42 bits per heavy atom. The summed E-state index contributed by atoms with van der Waals surface area (Å²) < 4.78 is 280. The lowest BCUT2D eigenvalue weighted by atomic mass is 9.79. The van der Waals surface area contributed by atoms with Crippen LogP contribution in [0, 0.1) is 0 Å². The lowest BCUT2D eigenvalue weighted by Gasteiger charge is -2.54. The minimum Gasteiger partial charge on any atom is -0.445 e. The zero-order valence-corrected chi connectivity index (χ0v) is 26.2. The monoisotopic (exact) mass is 830 g/mol. The van der Waals surface area contributed by atoms with Gasteiger partial charge < -0.3 is 29.2 Å². The molecule has 2 N–H and O–H groups in total. The van der Waals surface area contributed by atoms with Crippen LogP contribution in [0.2, 0.25) is 0 Å². The van der Waals surface area contributed by atoms with E-state index >= 15 is 0 Å². The summed E-state index contributed by atoms with van der Waals surface area (Å²) >= 11 is 0. The zero-order valence-electron chi connectivity index (χ0n) is 26.2. The second-order valence-corrected chi connectivity index (χ2v) is 11.4. The molecule has 0 aromatic carbocycles. The minimum atomic E-state index is -6.09. The van der Waals surface area contributed by atoms with Crippen LogP contribution in [0.15, 0.2) is 24.3 Å². The van der Waals surface area contributed by atoms with Gasteiger partial charge in [-0.15, -0.1) is 0 Å². The van der Waals surface area contributed by atoms with Crippen molar-refractivity contribution >= 4 is 11.9 Å². The standard InChI is InChI=1S/C13H12F10O4.C12H10F10O4/c1-4-9(13(21,22)23)11(16,17)7(10(14,15)8(3,25)27-9)26-6(24)5(2)12(18,19)20;1-4(10(15,16)17)5(23)25-7(2)9(13,14)6(11(18,19)20)26-8(3,24)12(7,21)22/h7,25H,2,4H2,1,3H3;6,24H,1H2,2-3H3. The molecular formula is C25H22F20O8. The van der Waals surface area contributed by atoms with E-state index in [9.17, 15) is 108 Å². The van der Waals surface area contributed by atoms with Crippen LogP contribution < -0.4 is 0 Å². The van der Waals surface area contributed by atoms with Crippen molar-refractivity contribution in [1.29, 1.82) is 0 Å². The fourth-order valence-corrected chi connectivity index (χ4v) is 4.40. The topological polar surface area (TPSA) is 112 Å². The van der Waals surface area contributed by atoms with E-state index in [2.05, 4.69) is 32.1 Å². The molecular weight excluding hydrogens is 808 g/mol. The van der Waals surface area contributed by atoms with Crippen LogP contribution in [0.25, 0.3) is 0 Å². The summed E-state index contributed by atoms with van der Waals surface area (Å²) in [6.07, 6.45) is -33.9. The molecule has 2 heterocycles. The number of aliphatic hydroxyl groups is 2. The Morgan fingerprint density at radius 2 is 1.08 bits per heavy atom. The number of ether oxygens (including phenoxy) is 4. The number of alkyl halides is 20. The van der Waals surface area contributed by atoms with Crippen molar-refractivity contribution in [1.82, 2.24) is 0 Å². The molecule has 0 bridgehead atoms. The maximum atomic E-state index is 14.4. The highest BCUT2D eigenvalue weighted by Gasteiger charge is 2.87. The first-order valence-corrected chi connectivity index (χ1v) is 13.3. The van der Waals surface area contributed by atoms with Gasteiger partial charge >= 0.3 is 60.3 Å². The van der Waals surface area contributed by atoms with Gasteiger partial charge in [-0.05, 0) is 27.2 Å². The fraction of sp³-hybridized carbons (Fsp3) is 0.760. The highest BCUT2D eigenvalue weighted by molar-refractivity contribution is 5.90. The normalized spacial score (nSPS) is 33.8. The van der Waals surface area contributed by atoms with Gasteiger partial charge in [0.1, 0.15) is 11.1 Å². The van der Waals surface area contributed by atoms with Gasteiger partial charge in [0.25, 0.3) is 0 Å². The maximum Gasteiger partial charge on any atom is 0.423 e. The van der Waals surface area contributed by atoms with E-state index in [1.165, 1.54) is 0 Å². The van der Waals surface area contributed by atoms with Gasteiger partial charge in [-0.3, -0.25) is 0 Å². The van der Waals surface area contributed by atoms with E-state index in [-0.39, 0.29) is 13.8 Å². The number of hydrogen-bond acceptors (Lipinski definition) is 8. The number of halogens is 20. The molecule has 2 fully saturated rings. The molecule has 6 atom stereocenters. The van der Waals surface area contributed by atoms with E-state index in [4.69, 9.17) is 0 Å². The summed E-state index contributed by atoms with van der Waals surface area (Å²) in [5.41, 5.74) is -14.7. The van der Waals surface area contributed by atoms with E-state index in [1.807, 2.05) is 0 Å². The molecule has 0 spiro atoms. The number of hydrogen-bond donors (Lipinski definition) is 2. The fourth-order valence-electron chi connectivity index (χ4n) is 4.40. The molecule has 6 unspecified atom stereocenters. The SMILES string of the molecule is C=C(C(=O)OC1(C)C(F)(F)C(C(F)(F)F)OC(C)(O)C1(F)F)C(F)(F)F.C=C(C(=O)OC1C(F)(F)C(C)(O)OC(CC)(C(F)(F)F)C1(F)F)C(F)(F)F. The van der Waals surface area contributed by atoms with Crippen LogP contribution in [0.3, 0.4) is 0 Å². The lowest BCUT2D eigenvalue weighted by molar-refractivity contribution is -0.493. The van der Waals surface area contributed by atoms with E-state index in [0.717, 1.165) is 0 Å². The van der Waals surface area contributed by atoms with Crippen molar-refractivity contribution in [2.24, 2.45) is 0 Å². The molecule has 8 nitrogen and oxygen atoms in total. The molecule has 2 aliphatic heterocycles. The lowest BCUT2D eigenvalue weighted by Crippen LogP contribution is -2.79. The summed E-state index contributed by atoms with van der Waals surface area (Å²) in [6.45, 7) is 3.95. The van der Waals surface area contributed by atoms with Crippen molar-refractivity contribution in [3.63, 3.8) is 0 Å². The molecule has 2 saturated heterocycles.